The molecule has 0 saturated carbocycles. The molecule has 0 spiro atoms. The van der Waals surface area contributed by atoms with Gasteiger partial charge in [-0.25, -0.2) is 4.98 Å². The number of nitrogens with one attached hydrogen (secondary N) is 1. The van der Waals surface area contributed by atoms with Gasteiger partial charge in [0.05, 0.1) is 24.0 Å². The Hall–Kier alpha value is -3.60. The van der Waals surface area contributed by atoms with Crippen LogP contribution < -0.4 is 10.1 Å². The van der Waals surface area contributed by atoms with Gasteiger partial charge in [0.2, 0.25) is 5.91 Å². The quantitative estimate of drug-likeness (QED) is 0.329. The van der Waals surface area contributed by atoms with Crippen molar-refractivity contribution in [3.05, 3.63) is 94.8 Å². The Morgan fingerprint density at radius 3 is 2.56 bits per heavy atom. The summed E-state index contributed by atoms with van der Waals surface area (Å²) in [5.41, 5.74) is 6.83. The topological polar surface area (TPSA) is 56.1 Å². The van der Waals surface area contributed by atoms with Gasteiger partial charge in [0.1, 0.15) is 18.2 Å². The van der Waals surface area contributed by atoms with Crippen molar-refractivity contribution in [2.75, 3.05) is 13.2 Å². The Balaban J connectivity index is 1.33. The Kier molecular flexibility index (Phi) is 7.63. The van der Waals surface area contributed by atoms with Gasteiger partial charge >= 0.3 is 0 Å². The SMILES string of the molecule is Cc1ccc(OCCn2c(CCCNC(=O)Cc3ccccc3C)nc3ccccc32)cc1C. The molecule has 5 nitrogen and oxygen atoms in total. The van der Waals surface area contributed by atoms with Gasteiger partial charge in [0.25, 0.3) is 0 Å². The maximum atomic E-state index is 12.4. The van der Waals surface area contributed by atoms with Gasteiger partial charge in [0.15, 0.2) is 0 Å². The summed E-state index contributed by atoms with van der Waals surface area (Å²) in [7, 11) is 0. The second-order valence-corrected chi connectivity index (χ2v) is 8.82. The number of benzene rings is 3. The highest BCUT2D eigenvalue weighted by molar-refractivity contribution is 5.79. The zero-order valence-corrected chi connectivity index (χ0v) is 20.3. The molecule has 0 unspecified atom stereocenters. The molecule has 0 aliphatic rings. The first kappa shape index (κ1) is 23.6. The fraction of sp³-hybridized carbons (Fsp3) is 0.310. The van der Waals surface area contributed by atoms with E-state index in [1.807, 2.05) is 55.5 Å². The molecule has 0 atom stereocenters. The lowest BCUT2D eigenvalue weighted by molar-refractivity contribution is -0.120. The molecule has 0 fully saturated rings. The lowest BCUT2D eigenvalue weighted by atomic mass is 10.1. The molecule has 0 aliphatic heterocycles. The fourth-order valence-electron chi connectivity index (χ4n) is 4.14. The van der Waals surface area contributed by atoms with Crippen LogP contribution in [0.15, 0.2) is 66.7 Å². The molecule has 1 N–H and O–H groups in total. The van der Waals surface area contributed by atoms with E-state index in [1.54, 1.807) is 0 Å². The minimum Gasteiger partial charge on any atom is -0.492 e. The average Bonchev–Trinajstić information content (AvgIpc) is 3.18. The van der Waals surface area contributed by atoms with Crippen LogP contribution in [0.4, 0.5) is 0 Å². The van der Waals surface area contributed by atoms with E-state index >= 15 is 0 Å². The van der Waals surface area contributed by atoms with E-state index in [2.05, 4.69) is 41.9 Å². The highest BCUT2D eigenvalue weighted by Crippen LogP contribution is 2.19. The summed E-state index contributed by atoms with van der Waals surface area (Å²) in [6.45, 7) is 8.17. The van der Waals surface area contributed by atoms with Crippen molar-refractivity contribution in [1.29, 1.82) is 0 Å². The number of nitrogens with zero attached hydrogens (tertiary/aromatic N) is 2. The molecule has 4 aromatic rings. The number of aromatic nitrogens is 2. The Morgan fingerprint density at radius 1 is 0.941 bits per heavy atom. The lowest BCUT2D eigenvalue weighted by Gasteiger charge is -2.12. The number of aryl methyl sites for hydroxylation is 4. The van der Waals surface area contributed by atoms with E-state index in [0.29, 0.717) is 19.6 Å². The summed E-state index contributed by atoms with van der Waals surface area (Å²) in [6.07, 6.45) is 2.05. The van der Waals surface area contributed by atoms with Crippen LogP contribution in [0, 0.1) is 20.8 Å². The number of rotatable bonds is 10. The van der Waals surface area contributed by atoms with Gasteiger partial charge < -0.3 is 14.6 Å². The van der Waals surface area contributed by atoms with Crippen LogP contribution in [0.1, 0.15) is 34.5 Å². The Morgan fingerprint density at radius 2 is 1.74 bits per heavy atom. The molecule has 1 amide bonds. The van der Waals surface area contributed by atoms with Gasteiger partial charge in [-0.2, -0.15) is 0 Å². The van der Waals surface area contributed by atoms with E-state index in [0.717, 1.165) is 53.1 Å². The van der Waals surface area contributed by atoms with E-state index in [9.17, 15) is 4.79 Å². The summed E-state index contributed by atoms with van der Waals surface area (Å²) in [5, 5.41) is 3.06. The molecule has 1 aromatic heterocycles. The first-order valence-corrected chi connectivity index (χ1v) is 12.0. The van der Waals surface area contributed by atoms with E-state index in [1.165, 1.54) is 11.1 Å². The Labute approximate surface area is 201 Å². The maximum absolute atomic E-state index is 12.4. The molecule has 0 radical (unpaired) electrons. The fourth-order valence-corrected chi connectivity index (χ4v) is 4.14. The third-order valence-corrected chi connectivity index (χ3v) is 6.31. The molecule has 3 aromatic carbocycles. The van der Waals surface area contributed by atoms with Crippen LogP contribution >= 0.6 is 0 Å². The van der Waals surface area contributed by atoms with Crippen molar-refractivity contribution in [3.63, 3.8) is 0 Å². The van der Waals surface area contributed by atoms with Gasteiger partial charge in [-0.1, -0.05) is 42.5 Å². The average molecular weight is 456 g/mol. The second-order valence-electron chi connectivity index (χ2n) is 8.82. The highest BCUT2D eigenvalue weighted by Gasteiger charge is 2.11. The first-order chi connectivity index (χ1) is 16.5. The number of carbonyl (C=O) groups is 1. The van der Waals surface area contributed by atoms with Crippen molar-refractivity contribution in [1.82, 2.24) is 14.9 Å². The summed E-state index contributed by atoms with van der Waals surface area (Å²) < 4.78 is 8.28. The number of hydrogen-bond donors (Lipinski definition) is 1. The predicted octanol–water partition coefficient (Wildman–Crippen LogP) is 5.33. The van der Waals surface area contributed by atoms with Crippen molar-refractivity contribution in [3.8, 4) is 5.75 Å². The lowest BCUT2D eigenvalue weighted by Crippen LogP contribution is -2.26. The normalized spacial score (nSPS) is 11.0. The zero-order chi connectivity index (χ0) is 23.9. The molecule has 34 heavy (non-hydrogen) atoms. The number of para-hydroxylation sites is 2. The van der Waals surface area contributed by atoms with Crippen LogP contribution in [0.25, 0.3) is 11.0 Å². The summed E-state index contributed by atoms with van der Waals surface area (Å²) >= 11 is 0. The molecular weight excluding hydrogens is 422 g/mol. The molecule has 0 aliphatic carbocycles. The summed E-state index contributed by atoms with van der Waals surface area (Å²) in [4.78, 5) is 17.2. The van der Waals surface area contributed by atoms with Crippen molar-refractivity contribution < 1.29 is 9.53 Å². The third-order valence-electron chi connectivity index (χ3n) is 6.31. The number of ether oxygens (including phenoxy) is 1. The minimum absolute atomic E-state index is 0.0598. The largest absolute Gasteiger partial charge is 0.492 e. The molecular formula is C29H33N3O2. The number of carbonyl (C=O) groups excluding carboxylic acids is 1. The second kappa shape index (κ2) is 11.0. The minimum atomic E-state index is 0.0598. The van der Waals surface area contributed by atoms with Crippen LogP contribution in [0.2, 0.25) is 0 Å². The number of imidazole rings is 1. The Bertz CT molecular complexity index is 1280. The van der Waals surface area contributed by atoms with Crippen molar-refractivity contribution in [2.24, 2.45) is 0 Å². The number of amides is 1. The molecule has 4 rings (SSSR count). The van der Waals surface area contributed by atoms with E-state index < -0.39 is 0 Å². The van der Waals surface area contributed by atoms with E-state index in [-0.39, 0.29) is 5.91 Å². The summed E-state index contributed by atoms with van der Waals surface area (Å²) in [6, 6.07) is 22.4. The van der Waals surface area contributed by atoms with Crippen LogP contribution in [-0.2, 0) is 24.2 Å². The smallest absolute Gasteiger partial charge is 0.224 e. The number of fused-ring (bicyclic) bond motifs is 1. The highest BCUT2D eigenvalue weighted by atomic mass is 16.5. The first-order valence-electron chi connectivity index (χ1n) is 12.0. The maximum Gasteiger partial charge on any atom is 0.224 e. The van der Waals surface area contributed by atoms with Crippen LogP contribution in [0.3, 0.4) is 0 Å². The zero-order valence-electron chi connectivity index (χ0n) is 20.3. The third kappa shape index (κ3) is 5.84. The van der Waals surface area contributed by atoms with Crippen molar-refractivity contribution >= 4 is 16.9 Å². The molecule has 0 saturated heterocycles. The molecule has 5 heteroatoms. The van der Waals surface area contributed by atoms with Gasteiger partial charge in [0, 0.05) is 13.0 Å². The van der Waals surface area contributed by atoms with Crippen LogP contribution in [0.5, 0.6) is 5.75 Å². The summed E-state index contributed by atoms with van der Waals surface area (Å²) in [5.74, 6) is 1.98. The van der Waals surface area contributed by atoms with E-state index in [4.69, 9.17) is 9.72 Å². The molecule has 176 valence electrons. The van der Waals surface area contributed by atoms with Crippen molar-refractivity contribution in [2.45, 2.75) is 46.6 Å². The van der Waals surface area contributed by atoms with Crippen LogP contribution in [-0.4, -0.2) is 28.6 Å². The standard InChI is InChI=1S/C29H33N3O2/c1-21-14-15-25(19-23(21)3)34-18-17-32-27-12-7-6-11-26(27)31-28(32)13-8-16-30-29(33)20-24-10-5-4-9-22(24)2/h4-7,9-12,14-15,19H,8,13,16-18,20H2,1-3H3,(H,30,33). The van der Waals surface area contributed by atoms with Gasteiger partial charge in [-0.05, 0) is 73.7 Å². The monoisotopic (exact) mass is 455 g/mol. The van der Waals surface area contributed by atoms with Gasteiger partial charge in [-0.3, -0.25) is 4.79 Å². The van der Waals surface area contributed by atoms with Gasteiger partial charge in [-0.15, -0.1) is 0 Å². The molecule has 0 bridgehead atoms. The molecule has 1 heterocycles. The number of hydrogen-bond acceptors (Lipinski definition) is 3. The predicted molar refractivity (Wildman–Crippen MR) is 137 cm³/mol.